The van der Waals surface area contributed by atoms with Crippen LogP contribution in [0.25, 0.3) is 0 Å². The van der Waals surface area contributed by atoms with Gasteiger partial charge in [-0.25, -0.2) is 0 Å². The van der Waals surface area contributed by atoms with E-state index in [2.05, 4.69) is 22.1 Å². The largest absolute Gasteiger partial charge is 0.546 e. The average Bonchev–Trinajstić information content (AvgIpc) is 2.66. The van der Waals surface area contributed by atoms with E-state index in [1.54, 1.807) is 18.3 Å². The van der Waals surface area contributed by atoms with Crippen LogP contribution in [0.5, 0.6) is 5.75 Å². The molecule has 0 bridgehead atoms. The van der Waals surface area contributed by atoms with Gasteiger partial charge in [0.15, 0.2) is 0 Å². The quantitative estimate of drug-likeness (QED) is 0.734. The monoisotopic (exact) mass is 338 g/mol. The van der Waals surface area contributed by atoms with E-state index < -0.39 is 12.6 Å². The Balaban J connectivity index is 1.58. The highest BCUT2D eigenvalue weighted by molar-refractivity contribution is 5.83. The number of hydrogen-bond acceptors (Lipinski definition) is 6. The molecule has 25 heavy (non-hydrogen) atoms. The van der Waals surface area contributed by atoms with E-state index in [4.69, 9.17) is 4.74 Å². The van der Waals surface area contributed by atoms with E-state index in [1.807, 2.05) is 35.3 Å². The highest BCUT2D eigenvalue weighted by atomic mass is 16.5. The SMILES string of the molecule is O=C([O-])COc1ccccc1/C=N/N1CCN(c2ccccc2)CC1. The summed E-state index contributed by atoms with van der Waals surface area (Å²) in [6, 6.07) is 17.6. The molecule has 1 saturated heterocycles. The van der Waals surface area contributed by atoms with Gasteiger partial charge >= 0.3 is 0 Å². The first-order chi connectivity index (χ1) is 12.2. The fraction of sp³-hybridized carbons (Fsp3) is 0.263. The molecule has 1 aliphatic heterocycles. The molecule has 0 aromatic heterocycles. The van der Waals surface area contributed by atoms with Crippen molar-refractivity contribution in [2.24, 2.45) is 5.10 Å². The summed E-state index contributed by atoms with van der Waals surface area (Å²) in [7, 11) is 0. The van der Waals surface area contributed by atoms with Gasteiger partial charge in [-0.1, -0.05) is 30.3 Å². The summed E-state index contributed by atoms with van der Waals surface area (Å²) in [6.07, 6.45) is 1.71. The summed E-state index contributed by atoms with van der Waals surface area (Å²) in [5.41, 5.74) is 1.97. The second-order valence-electron chi connectivity index (χ2n) is 5.72. The molecule has 0 radical (unpaired) electrons. The smallest absolute Gasteiger partial charge is 0.128 e. The Labute approximate surface area is 146 Å². The van der Waals surface area contributed by atoms with Gasteiger partial charge in [0.25, 0.3) is 0 Å². The van der Waals surface area contributed by atoms with Gasteiger partial charge in [0.1, 0.15) is 12.4 Å². The molecular weight excluding hydrogens is 318 g/mol. The van der Waals surface area contributed by atoms with Crippen LogP contribution in [0.1, 0.15) is 5.56 Å². The zero-order chi connectivity index (χ0) is 17.5. The topological polar surface area (TPSA) is 68.2 Å². The normalized spacial score (nSPS) is 14.7. The number of ether oxygens (including phenoxy) is 1. The first kappa shape index (κ1) is 16.8. The minimum absolute atomic E-state index is 0.472. The van der Waals surface area contributed by atoms with Crippen LogP contribution >= 0.6 is 0 Å². The first-order valence-electron chi connectivity index (χ1n) is 8.23. The molecule has 1 aliphatic rings. The number of benzene rings is 2. The molecule has 6 heteroatoms. The van der Waals surface area contributed by atoms with Crippen molar-refractivity contribution < 1.29 is 14.6 Å². The average molecular weight is 338 g/mol. The maximum atomic E-state index is 10.6. The number of hydrogen-bond donors (Lipinski definition) is 0. The number of hydrazone groups is 1. The number of carboxylic acid groups (broad SMARTS) is 1. The third kappa shape index (κ3) is 4.73. The Morgan fingerprint density at radius 1 is 1.04 bits per heavy atom. The second kappa shape index (κ2) is 8.19. The third-order valence-electron chi connectivity index (χ3n) is 4.00. The van der Waals surface area contributed by atoms with Crippen molar-refractivity contribution in [3.63, 3.8) is 0 Å². The molecule has 0 spiro atoms. The maximum Gasteiger partial charge on any atom is 0.128 e. The Bertz CT molecular complexity index is 726. The summed E-state index contributed by atoms with van der Waals surface area (Å²) in [5, 5.41) is 17.1. The van der Waals surface area contributed by atoms with Gasteiger partial charge in [0.2, 0.25) is 0 Å². The van der Waals surface area contributed by atoms with Crippen LogP contribution < -0.4 is 14.7 Å². The number of rotatable bonds is 6. The standard InChI is InChI=1S/C19H21N3O3/c23-19(24)15-25-18-9-5-4-6-16(18)14-20-22-12-10-21(11-13-22)17-7-2-1-3-8-17/h1-9,14H,10-13,15H2,(H,23,24)/p-1/b20-14+. The number of carbonyl (C=O) groups is 1. The molecule has 0 unspecified atom stereocenters. The van der Waals surface area contributed by atoms with E-state index in [1.165, 1.54) is 5.69 Å². The maximum absolute atomic E-state index is 10.6. The van der Waals surface area contributed by atoms with Crippen LogP contribution in [-0.2, 0) is 4.79 Å². The number of anilines is 1. The van der Waals surface area contributed by atoms with Gasteiger partial charge in [-0.2, -0.15) is 5.10 Å². The number of nitrogens with zero attached hydrogens (tertiary/aromatic N) is 3. The predicted molar refractivity (Wildman–Crippen MR) is 94.8 cm³/mol. The molecule has 3 rings (SSSR count). The van der Waals surface area contributed by atoms with E-state index in [0.29, 0.717) is 5.75 Å². The fourth-order valence-corrected chi connectivity index (χ4v) is 2.71. The Kier molecular flexibility index (Phi) is 5.51. The zero-order valence-corrected chi connectivity index (χ0v) is 13.9. The zero-order valence-electron chi connectivity index (χ0n) is 13.9. The van der Waals surface area contributed by atoms with Crippen LogP contribution in [0.4, 0.5) is 5.69 Å². The summed E-state index contributed by atoms with van der Waals surface area (Å²) in [4.78, 5) is 12.9. The van der Waals surface area contributed by atoms with E-state index >= 15 is 0 Å². The lowest BCUT2D eigenvalue weighted by atomic mass is 10.2. The summed E-state index contributed by atoms with van der Waals surface area (Å²) in [6.45, 7) is 3.00. The van der Waals surface area contributed by atoms with E-state index in [9.17, 15) is 9.90 Å². The van der Waals surface area contributed by atoms with Crippen molar-refractivity contribution in [3.05, 3.63) is 60.2 Å². The Morgan fingerprint density at radius 2 is 1.72 bits per heavy atom. The molecule has 130 valence electrons. The van der Waals surface area contributed by atoms with Gasteiger partial charge < -0.3 is 19.5 Å². The number of carboxylic acids is 1. The van der Waals surface area contributed by atoms with Gasteiger partial charge in [-0.3, -0.25) is 5.01 Å². The summed E-state index contributed by atoms with van der Waals surface area (Å²) >= 11 is 0. The highest BCUT2D eigenvalue weighted by Gasteiger charge is 2.15. The minimum atomic E-state index is -1.25. The van der Waals surface area contributed by atoms with Crippen molar-refractivity contribution in [1.82, 2.24) is 5.01 Å². The number of aliphatic carboxylic acids is 1. The third-order valence-corrected chi connectivity index (χ3v) is 4.00. The molecule has 0 saturated carbocycles. The number of carbonyl (C=O) groups excluding carboxylic acids is 1. The van der Waals surface area contributed by atoms with E-state index in [0.717, 1.165) is 31.7 Å². The second-order valence-corrected chi connectivity index (χ2v) is 5.72. The molecule has 0 N–H and O–H groups in total. The summed E-state index contributed by atoms with van der Waals surface area (Å²) < 4.78 is 5.23. The van der Waals surface area contributed by atoms with Gasteiger partial charge in [-0.15, -0.1) is 0 Å². The number of para-hydroxylation sites is 2. The molecule has 0 amide bonds. The summed E-state index contributed by atoms with van der Waals surface area (Å²) in [5.74, 6) is -0.762. The van der Waals surface area contributed by atoms with Crippen LogP contribution in [-0.4, -0.2) is 50.0 Å². The van der Waals surface area contributed by atoms with Crippen molar-refractivity contribution in [2.75, 3.05) is 37.7 Å². The van der Waals surface area contributed by atoms with Crippen molar-refractivity contribution in [3.8, 4) is 5.75 Å². The molecule has 2 aromatic carbocycles. The molecule has 0 aliphatic carbocycles. The fourth-order valence-electron chi connectivity index (χ4n) is 2.71. The Morgan fingerprint density at radius 3 is 2.44 bits per heavy atom. The molecular formula is C19H20N3O3-. The van der Waals surface area contributed by atoms with Gasteiger partial charge in [-0.05, 0) is 24.3 Å². The number of piperazine rings is 1. The van der Waals surface area contributed by atoms with Crippen molar-refractivity contribution in [1.29, 1.82) is 0 Å². The van der Waals surface area contributed by atoms with Crippen molar-refractivity contribution >= 4 is 17.9 Å². The molecule has 1 fully saturated rings. The molecule has 1 heterocycles. The lowest BCUT2D eigenvalue weighted by Crippen LogP contribution is -2.44. The Hall–Kier alpha value is -3.02. The van der Waals surface area contributed by atoms with Crippen molar-refractivity contribution in [2.45, 2.75) is 0 Å². The van der Waals surface area contributed by atoms with Gasteiger partial charge in [0, 0.05) is 24.3 Å². The highest BCUT2D eigenvalue weighted by Crippen LogP contribution is 2.17. The first-order valence-corrected chi connectivity index (χ1v) is 8.23. The van der Waals surface area contributed by atoms with Crippen LogP contribution in [0.2, 0.25) is 0 Å². The molecule has 2 aromatic rings. The predicted octanol–water partition coefficient (Wildman–Crippen LogP) is 0.971. The minimum Gasteiger partial charge on any atom is -0.546 e. The van der Waals surface area contributed by atoms with Crippen LogP contribution in [0.15, 0.2) is 59.7 Å². The van der Waals surface area contributed by atoms with Crippen LogP contribution in [0, 0.1) is 0 Å². The van der Waals surface area contributed by atoms with E-state index in [-0.39, 0.29) is 0 Å². The molecule has 0 atom stereocenters. The lowest BCUT2D eigenvalue weighted by molar-refractivity contribution is -0.307. The van der Waals surface area contributed by atoms with Gasteiger partial charge in [0.05, 0.1) is 25.3 Å². The van der Waals surface area contributed by atoms with Crippen LogP contribution in [0.3, 0.4) is 0 Å². The molecule has 6 nitrogen and oxygen atoms in total. The lowest BCUT2D eigenvalue weighted by Gasteiger charge is -2.34.